The number of cyclic esters (lactones) is 1. The Bertz CT molecular complexity index is 2070. The van der Waals surface area contributed by atoms with Gasteiger partial charge in [-0.2, -0.15) is 0 Å². The van der Waals surface area contributed by atoms with Crippen LogP contribution in [0, 0.1) is 23.2 Å². The van der Waals surface area contributed by atoms with E-state index in [0.717, 1.165) is 44.0 Å². The molecule has 4 aliphatic heterocycles. The Balaban J connectivity index is 1.24. The molecule has 1 aliphatic carbocycles. The minimum absolute atomic E-state index is 0.0895. The third-order valence-electron chi connectivity index (χ3n) is 12.8. The number of hydrogen-bond acceptors (Lipinski definition) is 11. The molecular weight excluding hydrogens is 757 g/mol. The predicted octanol–water partition coefficient (Wildman–Crippen LogP) is 5.80. The van der Waals surface area contributed by atoms with E-state index in [1.54, 1.807) is 18.9 Å². The summed E-state index contributed by atoms with van der Waals surface area (Å²) in [6.07, 6.45) is 3.67. The number of methoxy groups -OCH3 is 1. The van der Waals surface area contributed by atoms with Crippen LogP contribution in [0.2, 0.25) is 0 Å². The number of carbonyl (C=O) groups is 3. The van der Waals surface area contributed by atoms with Gasteiger partial charge in [0.2, 0.25) is 5.91 Å². The average Bonchev–Trinajstić information content (AvgIpc) is 3.47. The number of hydrazine groups is 1. The van der Waals surface area contributed by atoms with Gasteiger partial charge in [0.05, 0.1) is 55.0 Å². The number of pyridine rings is 1. The summed E-state index contributed by atoms with van der Waals surface area (Å²) >= 11 is 1.66. The molecule has 2 aromatic heterocycles. The van der Waals surface area contributed by atoms with E-state index in [1.165, 1.54) is 5.01 Å². The normalized spacial score (nSPS) is 29.3. The highest BCUT2D eigenvalue weighted by atomic mass is 32.2. The van der Waals surface area contributed by atoms with Crippen LogP contribution in [0.1, 0.15) is 89.8 Å². The highest BCUT2D eigenvalue weighted by molar-refractivity contribution is 8.14. The standard InChI is InChI=1S/C44H58N6O7S/c1-24-25(2)37(24)41(51)46-34-19-36-47-39(27(4)58-36)28-12-13-35-31(18-28)32(20-44(5,6)23-57-43(53)33-11-9-15-50(48-33)42(34)52)40(49(35)16-17-56-29-21-55-22-29)30-10-8-14-45-38(30)26(3)54-7/h8,10,12-14,18,24-27,29,33-34,37,39,48H,9,11,15-17,19-23H2,1-7H3,(H,46,51)/t24-,25+,26-,27?,33-,34-,37?,39?/m0/s1. The average molecular weight is 815 g/mol. The first-order valence-corrected chi connectivity index (χ1v) is 21.8. The predicted molar refractivity (Wildman–Crippen MR) is 223 cm³/mol. The maximum atomic E-state index is 14.3. The molecule has 6 bridgehead atoms. The van der Waals surface area contributed by atoms with Gasteiger partial charge in [-0.05, 0) is 73.4 Å². The Labute approximate surface area is 345 Å². The molecule has 8 atom stereocenters. The van der Waals surface area contributed by atoms with Gasteiger partial charge in [-0.15, -0.1) is 11.8 Å². The van der Waals surface area contributed by atoms with E-state index in [9.17, 15) is 14.4 Å². The van der Waals surface area contributed by atoms with E-state index >= 15 is 0 Å². The van der Waals surface area contributed by atoms with Gasteiger partial charge < -0.3 is 28.8 Å². The molecule has 0 spiro atoms. The summed E-state index contributed by atoms with van der Waals surface area (Å²) in [5.41, 5.74) is 8.83. The largest absolute Gasteiger partial charge is 0.464 e. The molecule has 14 heteroatoms. The molecule has 58 heavy (non-hydrogen) atoms. The van der Waals surface area contributed by atoms with Gasteiger partial charge in [-0.1, -0.05) is 40.7 Å². The van der Waals surface area contributed by atoms with Crippen LogP contribution in [0.5, 0.6) is 0 Å². The molecule has 1 saturated carbocycles. The fraction of sp³-hybridized carbons (Fsp3) is 0.614. The fourth-order valence-corrected chi connectivity index (χ4v) is 10.2. The molecule has 2 saturated heterocycles. The molecular formula is C44H58N6O7S. The van der Waals surface area contributed by atoms with Crippen molar-refractivity contribution in [2.24, 2.45) is 28.2 Å². The summed E-state index contributed by atoms with van der Waals surface area (Å²) in [6.45, 7) is 15.5. The van der Waals surface area contributed by atoms with Crippen LogP contribution in [0.4, 0.5) is 0 Å². The van der Waals surface area contributed by atoms with Gasteiger partial charge in [-0.25, -0.2) is 5.43 Å². The van der Waals surface area contributed by atoms with E-state index in [1.807, 2.05) is 19.2 Å². The molecule has 13 nitrogen and oxygen atoms in total. The summed E-state index contributed by atoms with van der Waals surface area (Å²) in [7, 11) is 1.70. The van der Waals surface area contributed by atoms with Crippen LogP contribution in [0.15, 0.2) is 41.5 Å². The number of hydrogen-bond donors (Lipinski definition) is 2. The SMILES string of the molecule is CO[C@@H](C)c1ncccc1-c1c2c3cc(ccc3n1CCOC1COC1)C1N=C(C[C@H](NC(=O)C3[C@@H](C)[C@H]3C)C(=O)N3CCC[C@H](N3)C(=O)OCC(C)(C)C2)SC1C. The van der Waals surface area contributed by atoms with Crippen molar-refractivity contribution >= 4 is 45.5 Å². The number of ether oxygens (including phenoxy) is 4. The minimum atomic E-state index is -0.827. The zero-order valence-corrected chi connectivity index (χ0v) is 35.6. The second-order valence-electron chi connectivity index (χ2n) is 17.7. The van der Waals surface area contributed by atoms with Gasteiger partial charge in [0, 0.05) is 65.9 Å². The molecule has 312 valence electrons. The van der Waals surface area contributed by atoms with Crippen LogP contribution in [-0.2, 0) is 46.3 Å². The van der Waals surface area contributed by atoms with Crippen LogP contribution in [0.3, 0.4) is 0 Å². The number of nitrogens with zero attached hydrogens (tertiary/aromatic N) is 4. The Morgan fingerprint density at radius 1 is 1.16 bits per heavy atom. The van der Waals surface area contributed by atoms with Crippen molar-refractivity contribution in [3.8, 4) is 11.3 Å². The Kier molecular flexibility index (Phi) is 11.8. The third-order valence-corrected chi connectivity index (χ3v) is 14.0. The zero-order valence-electron chi connectivity index (χ0n) is 34.8. The van der Waals surface area contributed by atoms with Crippen LogP contribution < -0.4 is 10.7 Å². The number of carbonyl (C=O) groups excluding carboxylic acids is 3. The molecule has 0 radical (unpaired) electrons. The van der Waals surface area contributed by atoms with E-state index < -0.39 is 23.5 Å². The Morgan fingerprint density at radius 3 is 2.67 bits per heavy atom. The topological polar surface area (TPSA) is 146 Å². The van der Waals surface area contributed by atoms with Crippen molar-refractivity contribution in [2.45, 2.75) is 109 Å². The second-order valence-corrected chi connectivity index (χ2v) is 19.1. The molecule has 3 fully saturated rings. The number of aromatic nitrogens is 2. The summed E-state index contributed by atoms with van der Waals surface area (Å²) < 4.78 is 26.0. The lowest BCUT2D eigenvalue weighted by atomic mass is 9.84. The number of benzene rings is 1. The van der Waals surface area contributed by atoms with E-state index in [0.29, 0.717) is 52.2 Å². The molecule has 8 rings (SSSR count). The number of fused-ring (bicyclic) bond motifs is 5. The number of esters is 1. The van der Waals surface area contributed by atoms with Crippen LogP contribution >= 0.6 is 11.8 Å². The van der Waals surface area contributed by atoms with E-state index in [4.69, 9.17) is 28.9 Å². The Morgan fingerprint density at radius 2 is 1.95 bits per heavy atom. The minimum Gasteiger partial charge on any atom is -0.464 e. The van der Waals surface area contributed by atoms with Gasteiger partial charge in [0.15, 0.2) is 0 Å². The monoisotopic (exact) mass is 814 g/mol. The molecule has 1 aromatic carbocycles. The first kappa shape index (κ1) is 40.9. The Hall–Kier alpha value is -3.82. The van der Waals surface area contributed by atoms with Crippen LogP contribution in [0.25, 0.3) is 22.2 Å². The second kappa shape index (κ2) is 16.7. The van der Waals surface area contributed by atoms with Gasteiger partial charge in [-0.3, -0.25) is 29.4 Å². The molecule has 3 unspecified atom stereocenters. The fourth-order valence-electron chi connectivity index (χ4n) is 9.02. The van der Waals surface area contributed by atoms with Crippen molar-refractivity contribution in [3.63, 3.8) is 0 Å². The number of aliphatic imine (C=N–C) groups is 1. The number of nitrogens with one attached hydrogen (secondary N) is 2. The molecule has 2 amide bonds. The van der Waals surface area contributed by atoms with Crippen molar-refractivity contribution in [1.82, 2.24) is 25.3 Å². The van der Waals surface area contributed by atoms with Crippen LogP contribution in [-0.4, -0.2) is 101 Å². The van der Waals surface area contributed by atoms with Crippen molar-refractivity contribution in [2.75, 3.05) is 40.1 Å². The van der Waals surface area contributed by atoms with Crippen molar-refractivity contribution in [3.05, 3.63) is 53.3 Å². The smallest absolute Gasteiger partial charge is 0.324 e. The number of amides is 2. The molecule has 3 aromatic rings. The lowest BCUT2D eigenvalue weighted by Crippen LogP contribution is -2.60. The summed E-state index contributed by atoms with van der Waals surface area (Å²) in [5.74, 6) is -0.360. The van der Waals surface area contributed by atoms with Gasteiger partial charge in [0.25, 0.3) is 5.91 Å². The quantitative estimate of drug-likeness (QED) is 0.255. The molecule has 6 heterocycles. The zero-order chi connectivity index (χ0) is 40.9. The van der Waals surface area contributed by atoms with Gasteiger partial charge >= 0.3 is 5.97 Å². The maximum Gasteiger partial charge on any atom is 0.324 e. The van der Waals surface area contributed by atoms with Crippen molar-refractivity contribution < 1.29 is 33.3 Å². The van der Waals surface area contributed by atoms with E-state index in [-0.39, 0.29) is 66.1 Å². The summed E-state index contributed by atoms with van der Waals surface area (Å²) in [6, 6.07) is 9.06. The number of rotatable bonds is 9. The van der Waals surface area contributed by atoms with Crippen molar-refractivity contribution in [1.29, 1.82) is 0 Å². The first-order chi connectivity index (χ1) is 27.8. The maximum absolute atomic E-state index is 14.3. The summed E-state index contributed by atoms with van der Waals surface area (Å²) in [4.78, 5) is 51.7. The van der Waals surface area contributed by atoms with Gasteiger partial charge in [0.1, 0.15) is 18.2 Å². The highest BCUT2D eigenvalue weighted by Gasteiger charge is 2.49. The van der Waals surface area contributed by atoms with E-state index in [2.05, 4.69) is 74.2 Å². The summed E-state index contributed by atoms with van der Waals surface area (Å²) in [5, 5.41) is 6.64. The third kappa shape index (κ3) is 8.19. The first-order valence-electron chi connectivity index (χ1n) is 20.9. The lowest BCUT2D eigenvalue weighted by molar-refractivity contribution is -0.155. The highest BCUT2D eigenvalue weighted by Crippen LogP contribution is 2.46. The molecule has 5 aliphatic rings. The molecule has 2 N–H and O–H groups in total. The number of thioether (sulfide) groups is 1. The lowest BCUT2D eigenvalue weighted by Gasteiger charge is -2.35.